The van der Waals surface area contributed by atoms with Crippen LogP contribution in [0.25, 0.3) is 0 Å². The van der Waals surface area contributed by atoms with Crippen LogP contribution in [0.4, 0.5) is 0 Å². The van der Waals surface area contributed by atoms with E-state index in [9.17, 15) is 4.79 Å². The van der Waals surface area contributed by atoms with E-state index >= 15 is 0 Å². The summed E-state index contributed by atoms with van der Waals surface area (Å²) in [6.07, 6.45) is 4.73. The molecule has 0 bridgehead atoms. The van der Waals surface area contributed by atoms with Gasteiger partial charge >= 0.3 is 0 Å². The van der Waals surface area contributed by atoms with Gasteiger partial charge in [0.1, 0.15) is 11.8 Å². The number of nitrogens with one attached hydrogen (secondary N) is 1. The third-order valence-electron chi connectivity index (χ3n) is 3.77. The van der Waals surface area contributed by atoms with Crippen molar-refractivity contribution in [2.45, 2.75) is 26.2 Å². The standard InChI is InChI=1S/C16H22N4O/c1-2-8-20(12-14-4-3-7-18-10-14)16(21)15-6-5-13(9-17)11-19-15/h5-6,11,14,18H,2-4,7-8,10,12H2,1H3. The van der Waals surface area contributed by atoms with Gasteiger partial charge in [-0.1, -0.05) is 6.92 Å². The summed E-state index contributed by atoms with van der Waals surface area (Å²) in [4.78, 5) is 18.6. The summed E-state index contributed by atoms with van der Waals surface area (Å²) in [5, 5.41) is 12.2. The third-order valence-corrected chi connectivity index (χ3v) is 3.77. The van der Waals surface area contributed by atoms with E-state index in [4.69, 9.17) is 5.26 Å². The van der Waals surface area contributed by atoms with E-state index in [1.54, 1.807) is 12.1 Å². The zero-order valence-corrected chi connectivity index (χ0v) is 12.5. The van der Waals surface area contributed by atoms with Gasteiger partial charge in [-0.2, -0.15) is 5.26 Å². The Hall–Kier alpha value is -1.93. The number of piperidine rings is 1. The van der Waals surface area contributed by atoms with Gasteiger partial charge in [0.15, 0.2) is 0 Å². The van der Waals surface area contributed by atoms with Crippen LogP contribution in [0, 0.1) is 17.2 Å². The summed E-state index contributed by atoms with van der Waals surface area (Å²) in [5.41, 5.74) is 0.899. The van der Waals surface area contributed by atoms with Gasteiger partial charge in [0, 0.05) is 19.3 Å². The first-order chi connectivity index (χ1) is 10.2. The molecule has 0 aromatic carbocycles. The number of hydrogen-bond donors (Lipinski definition) is 1. The maximum Gasteiger partial charge on any atom is 0.272 e. The lowest BCUT2D eigenvalue weighted by Crippen LogP contribution is -2.41. The fourth-order valence-corrected chi connectivity index (χ4v) is 2.69. The summed E-state index contributed by atoms with van der Waals surface area (Å²) in [7, 11) is 0. The zero-order chi connectivity index (χ0) is 15.1. The quantitative estimate of drug-likeness (QED) is 0.896. The van der Waals surface area contributed by atoms with Gasteiger partial charge in [-0.3, -0.25) is 4.79 Å². The average molecular weight is 286 g/mol. The predicted molar refractivity (Wildman–Crippen MR) is 80.7 cm³/mol. The van der Waals surface area contributed by atoms with Crippen LogP contribution in [0.1, 0.15) is 42.2 Å². The van der Waals surface area contributed by atoms with Crippen molar-refractivity contribution in [1.29, 1.82) is 5.26 Å². The molecule has 5 nitrogen and oxygen atoms in total. The Bertz CT molecular complexity index is 500. The van der Waals surface area contributed by atoms with Crippen LogP contribution in [0.3, 0.4) is 0 Å². The topological polar surface area (TPSA) is 69.0 Å². The maximum absolute atomic E-state index is 12.6. The van der Waals surface area contributed by atoms with Crippen LogP contribution in [-0.2, 0) is 0 Å². The number of pyridine rings is 1. The van der Waals surface area contributed by atoms with E-state index in [2.05, 4.69) is 17.2 Å². The predicted octanol–water partition coefficient (Wildman–Crippen LogP) is 1.81. The first-order valence-electron chi connectivity index (χ1n) is 7.60. The average Bonchev–Trinajstić information content (AvgIpc) is 2.55. The van der Waals surface area contributed by atoms with Crippen molar-refractivity contribution < 1.29 is 4.79 Å². The summed E-state index contributed by atoms with van der Waals surface area (Å²) >= 11 is 0. The molecular formula is C16H22N4O. The van der Waals surface area contributed by atoms with Gasteiger partial charge in [0.05, 0.1) is 5.56 Å². The molecule has 0 radical (unpaired) electrons. The minimum atomic E-state index is -0.0353. The Morgan fingerprint density at radius 1 is 1.57 bits per heavy atom. The first-order valence-corrected chi connectivity index (χ1v) is 7.60. The molecule has 1 aromatic rings. The Morgan fingerprint density at radius 3 is 3.00 bits per heavy atom. The Balaban J connectivity index is 2.04. The molecule has 1 unspecified atom stereocenters. The second-order valence-corrected chi connectivity index (χ2v) is 5.51. The largest absolute Gasteiger partial charge is 0.337 e. The van der Waals surface area contributed by atoms with Crippen LogP contribution in [0.5, 0.6) is 0 Å². The highest BCUT2D eigenvalue weighted by molar-refractivity contribution is 5.92. The van der Waals surface area contributed by atoms with Crippen molar-refractivity contribution in [2.75, 3.05) is 26.2 Å². The van der Waals surface area contributed by atoms with Crippen molar-refractivity contribution in [3.8, 4) is 6.07 Å². The van der Waals surface area contributed by atoms with E-state index in [0.29, 0.717) is 17.2 Å². The van der Waals surface area contributed by atoms with Crippen molar-refractivity contribution in [3.05, 3.63) is 29.6 Å². The number of amides is 1. The Morgan fingerprint density at radius 2 is 2.43 bits per heavy atom. The molecule has 2 heterocycles. The van der Waals surface area contributed by atoms with Crippen molar-refractivity contribution in [3.63, 3.8) is 0 Å². The summed E-state index contributed by atoms with van der Waals surface area (Å²) in [6, 6.07) is 5.30. The molecule has 112 valence electrons. The van der Waals surface area contributed by atoms with Crippen LogP contribution in [0.15, 0.2) is 18.3 Å². The van der Waals surface area contributed by atoms with Crippen LogP contribution in [-0.4, -0.2) is 42.0 Å². The molecule has 1 N–H and O–H groups in total. The zero-order valence-electron chi connectivity index (χ0n) is 12.5. The van der Waals surface area contributed by atoms with Crippen molar-refractivity contribution >= 4 is 5.91 Å². The molecule has 1 atom stereocenters. The van der Waals surface area contributed by atoms with Crippen LogP contribution < -0.4 is 5.32 Å². The summed E-state index contributed by atoms with van der Waals surface area (Å²) < 4.78 is 0. The molecule has 0 saturated carbocycles. The highest BCUT2D eigenvalue weighted by Gasteiger charge is 2.21. The molecule has 21 heavy (non-hydrogen) atoms. The normalized spacial score (nSPS) is 18.0. The number of hydrogen-bond acceptors (Lipinski definition) is 4. The van der Waals surface area contributed by atoms with Gasteiger partial charge < -0.3 is 10.2 Å². The van der Waals surface area contributed by atoms with Gasteiger partial charge in [0.25, 0.3) is 5.91 Å². The number of carbonyl (C=O) groups excluding carboxylic acids is 1. The fraction of sp³-hybridized carbons (Fsp3) is 0.562. The summed E-state index contributed by atoms with van der Waals surface area (Å²) in [6.45, 7) is 5.66. The fourth-order valence-electron chi connectivity index (χ4n) is 2.69. The molecular weight excluding hydrogens is 264 g/mol. The molecule has 5 heteroatoms. The highest BCUT2D eigenvalue weighted by Crippen LogP contribution is 2.14. The Labute approximate surface area is 126 Å². The lowest BCUT2D eigenvalue weighted by Gasteiger charge is -2.30. The molecule has 1 saturated heterocycles. The van der Waals surface area contributed by atoms with E-state index in [1.807, 2.05) is 11.0 Å². The number of rotatable bonds is 5. The van der Waals surface area contributed by atoms with Crippen LogP contribution in [0.2, 0.25) is 0 Å². The molecule has 0 aliphatic carbocycles. The molecule has 2 rings (SSSR count). The maximum atomic E-state index is 12.6. The number of nitriles is 1. The molecule has 0 spiro atoms. The third kappa shape index (κ3) is 4.27. The van der Waals surface area contributed by atoms with Gasteiger partial charge in [-0.15, -0.1) is 0 Å². The smallest absolute Gasteiger partial charge is 0.272 e. The lowest BCUT2D eigenvalue weighted by atomic mass is 9.99. The molecule has 1 fully saturated rings. The molecule has 1 aliphatic rings. The minimum Gasteiger partial charge on any atom is -0.337 e. The van der Waals surface area contributed by atoms with Crippen molar-refractivity contribution in [1.82, 2.24) is 15.2 Å². The first kappa shape index (κ1) is 15.5. The molecule has 1 aliphatic heterocycles. The molecule has 1 amide bonds. The van der Waals surface area contributed by atoms with E-state index in [-0.39, 0.29) is 5.91 Å². The van der Waals surface area contributed by atoms with Gasteiger partial charge in [-0.05, 0) is 50.4 Å². The van der Waals surface area contributed by atoms with E-state index in [1.165, 1.54) is 19.0 Å². The van der Waals surface area contributed by atoms with Gasteiger partial charge in [-0.25, -0.2) is 4.98 Å². The minimum absolute atomic E-state index is 0.0353. The number of nitrogens with zero attached hydrogens (tertiary/aromatic N) is 3. The monoisotopic (exact) mass is 286 g/mol. The second-order valence-electron chi connectivity index (χ2n) is 5.51. The number of carbonyl (C=O) groups is 1. The summed E-state index contributed by atoms with van der Waals surface area (Å²) in [5.74, 6) is 0.486. The number of aromatic nitrogens is 1. The van der Waals surface area contributed by atoms with Gasteiger partial charge in [0.2, 0.25) is 0 Å². The second kappa shape index (κ2) is 7.75. The SMILES string of the molecule is CCCN(CC1CCCNC1)C(=O)c1ccc(C#N)cn1. The van der Waals surface area contributed by atoms with Crippen molar-refractivity contribution in [2.24, 2.45) is 5.92 Å². The molecule has 1 aromatic heterocycles. The lowest BCUT2D eigenvalue weighted by molar-refractivity contribution is 0.0713. The van der Waals surface area contributed by atoms with E-state index < -0.39 is 0 Å². The van der Waals surface area contributed by atoms with E-state index in [0.717, 1.165) is 32.6 Å². The highest BCUT2D eigenvalue weighted by atomic mass is 16.2. The Kier molecular flexibility index (Phi) is 5.70. The van der Waals surface area contributed by atoms with Crippen LogP contribution >= 0.6 is 0 Å².